The molecule has 0 aliphatic carbocycles. The lowest BCUT2D eigenvalue weighted by atomic mass is 10.0. The fourth-order valence-electron chi connectivity index (χ4n) is 3.36. The first-order chi connectivity index (χ1) is 15.8. The molecule has 1 aromatic rings. The Balaban J connectivity index is 2.27. The van der Waals surface area contributed by atoms with Crippen molar-refractivity contribution in [2.24, 2.45) is 0 Å². The van der Waals surface area contributed by atoms with Crippen LogP contribution in [-0.4, -0.2) is 11.0 Å². The molecule has 1 aromatic heterocycles. The van der Waals surface area contributed by atoms with Crippen molar-refractivity contribution >= 4 is 5.97 Å². The lowest BCUT2D eigenvalue weighted by Gasteiger charge is -2.04. The molecule has 0 N–H and O–H groups in total. The normalized spacial score (nSPS) is 13.2. The second-order valence-electron chi connectivity index (χ2n) is 9.18. The molecule has 0 saturated carbocycles. The molecule has 0 fully saturated rings. The van der Waals surface area contributed by atoms with Crippen molar-refractivity contribution in [2.75, 3.05) is 0 Å². The van der Waals surface area contributed by atoms with Gasteiger partial charge in [-0.15, -0.1) is 0 Å². The number of allylic oxidation sites excluding steroid dienone is 9. The van der Waals surface area contributed by atoms with Gasteiger partial charge in [0.25, 0.3) is 0 Å². The van der Waals surface area contributed by atoms with Crippen molar-refractivity contribution in [1.29, 1.82) is 0 Å². The fraction of sp³-hybridized carbons (Fsp3) is 0.467. The number of rotatable bonds is 14. The molecule has 180 valence electrons. The molecular weight excluding hydrogens is 406 g/mol. The van der Waals surface area contributed by atoms with Crippen molar-refractivity contribution in [1.82, 2.24) is 4.98 Å². The van der Waals surface area contributed by atoms with E-state index in [1.54, 1.807) is 30.6 Å². The van der Waals surface area contributed by atoms with Crippen LogP contribution in [0, 0.1) is 0 Å². The van der Waals surface area contributed by atoms with Crippen molar-refractivity contribution in [3.05, 3.63) is 82.8 Å². The minimum absolute atomic E-state index is 0.335. The van der Waals surface area contributed by atoms with Crippen molar-refractivity contribution in [3.8, 4) is 5.75 Å². The van der Waals surface area contributed by atoms with Crippen LogP contribution in [0.25, 0.3) is 0 Å². The molecule has 1 heterocycles. The molecule has 0 aromatic carbocycles. The molecule has 0 aliphatic heterocycles. The summed E-state index contributed by atoms with van der Waals surface area (Å²) in [4.78, 5) is 15.9. The SMILES string of the molecule is CC(C)=CCC/C(C)=C/CC/C(C)=C/CC/C(C)=C/CC/C(C)=C/C(=O)Oc1ccncc1. The number of pyridine rings is 1. The molecule has 1 rings (SSSR count). The summed E-state index contributed by atoms with van der Waals surface area (Å²) < 4.78 is 5.27. The van der Waals surface area contributed by atoms with E-state index in [-0.39, 0.29) is 5.97 Å². The summed E-state index contributed by atoms with van der Waals surface area (Å²) in [5.41, 5.74) is 6.80. The van der Waals surface area contributed by atoms with E-state index < -0.39 is 0 Å². The topological polar surface area (TPSA) is 39.2 Å². The number of esters is 1. The quantitative estimate of drug-likeness (QED) is 0.162. The Morgan fingerprint density at radius 3 is 1.58 bits per heavy atom. The molecule has 0 spiro atoms. The number of carbonyl (C=O) groups excluding carboxylic acids is 1. The Labute approximate surface area is 202 Å². The highest BCUT2D eigenvalue weighted by atomic mass is 16.5. The summed E-state index contributed by atoms with van der Waals surface area (Å²) in [5.74, 6) is 0.182. The lowest BCUT2D eigenvalue weighted by molar-refractivity contribution is -0.129. The molecule has 0 radical (unpaired) electrons. The number of nitrogens with zero attached hydrogens (tertiary/aromatic N) is 1. The van der Waals surface area contributed by atoms with Gasteiger partial charge in [0.1, 0.15) is 5.75 Å². The molecule has 0 bridgehead atoms. The average Bonchev–Trinajstić information content (AvgIpc) is 2.74. The van der Waals surface area contributed by atoms with Gasteiger partial charge in [0.15, 0.2) is 0 Å². The van der Waals surface area contributed by atoms with Crippen LogP contribution in [0.5, 0.6) is 5.75 Å². The lowest BCUT2D eigenvalue weighted by Crippen LogP contribution is -2.04. The number of ether oxygens (including phenoxy) is 1. The summed E-state index contributed by atoms with van der Waals surface area (Å²) in [6.07, 6.45) is 22.7. The fourth-order valence-corrected chi connectivity index (χ4v) is 3.36. The van der Waals surface area contributed by atoms with Gasteiger partial charge in [0, 0.05) is 18.5 Å². The Hall–Kier alpha value is -2.68. The smallest absolute Gasteiger partial charge is 0.336 e. The van der Waals surface area contributed by atoms with E-state index in [0.717, 1.165) is 50.5 Å². The van der Waals surface area contributed by atoms with Crippen LogP contribution in [0.3, 0.4) is 0 Å². The predicted molar refractivity (Wildman–Crippen MR) is 141 cm³/mol. The van der Waals surface area contributed by atoms with Crippen LogP contribution in [-0.2, 0) is 4.79 Å². The van der Waals surface area contributed by atoms with E-state index in [0.29, 0.717) is 5.75 Å². The zero-order chi connectivity index (χ0) is 24.5. The Bertz CT molecular complexity index is 866. The minimum Gasteiger partial charge on any atom is -0.423 e. The highest BCUT2D eigenvalue weighted by molar-refractivity contribution is 5.84. The van der Waals surface area contributed by atoms with Gasteiger partial charge in [-0.2, -0.15) is 0 Å². The van der Waals surface area contributed by atoms with Gasteiger partial charge in [0.2, 0.25) is 0 Å². The first kappa shape index (κ1) is 28.4. The van der Waals surface area contributed by atoms with Crippen LogP contribution < -0.4 is 4.74 Å². The predicted octanol–water partition coefficient (Wildman–Crippen LogP) is 8.86. The Morgan fingerprint density at radius 1 is 0.697 bits per heavy atom. The van der Waals surface area contributed by atoms with E-state index >= 15 is 0 Å². The molecule has 33 heavy (non-hydrogen) atoms. The zero-order valence-electron chi connectivity index (χ0n) is 21.6. The number of hydrogen-bond donors (Lipinski definition) is 0. The molecule has 0 atom stereocenters. The van der Waals surface area contributed by atoms with Gasteiger partial charge < -0.3 is 4.74 Å². The van der Waals surface area contributed by atoms with Gasteiger partial charge in [-0.3, -0.25) is 4.98 Å². The van der Waals surface area contributed by atoms with Crippen molar-refractivity contribution in [2.45, 2.75) is 92.9 Å². The summed E-state index contributed by atoms with van der Waals surface area (Å²) >= 11 is 0. The molecule has 3 nitrogen and oxygen atoms in total. The van der Waals surface area contributed by atoms with Gasteiger partial charge in [-0.25, -0.2) is 4.79 Å². The summed E-state index contributed by atoms with van der Waals surface area (Å²) in [7, 11) is 0. The van der Waals surface area contributed by atoms with Crippen LogP contribution in [0.15, 0.2) is 82.8 Å². The maximum absolute atomic E-state index is 12.0. The second kappa shape index (κ2) is 16.9. The first-order valence-corrected chi connectivity index (χ1v) is 12.2. The minimum atomic E-state index is -0.335. The second-order valence-corrected chi connectivity index (χ2v) is 9.18. The standard InChI is InChI=1S/C30H43NO2/c1-24(2)11-7-12-25(3)13-8-14-26(4)15-9-16-27(5)17-10-18-28(6)23-30(32)33-29-19-21-31-22-20-29/h11,13,15,17,19-23H,7-10,12,14,16,18H2,1-6H3/b25-13+,26-15+,27-17+,28-23+. The molecular formula is C30H43NO2. The number of aromatic nitrogens is 1. The van der Waals surface area contributed by atoms with Crippen molar-refractivity contribution in [3.63, 3.8) is 0 Å². The molecule has 0 amide bonds. The summed E-state index contributed by atoms with van der Waals surface area (Å²) in [6, 6.07) is 3.35. The highest BCUT2D eigenvalue weighted by Gasteiger charge is 2.02. The van der Waals surface area contributed by atoms with Gasteiger partial charge >= 0.3 is 5.97 Å². The first-order valence-electron chi connectivity index (χ1n) is 12.2. The highest BCUT2D eigenvalue weighted by Crippen LogP contribution is 2.15. The zero-order valence-corrected chi connectivity index (χ0v) is 21.6. The van der Waals surface area contributed by atoms with E-state index in [9.17, 15) is 4.79 Å². The van der Waals surface area contributed by atoms with Crippen LogP contribution in [0.4, 0.5) is 0 Å². The largest absolute Gasteiger partial charge is 0.423 e. The maximum Gasteiger partial charge on any atom is 0.336 e. The van der Waals surface area contributed by atoms with Gasteiger partial charge in [0.05, 0.1) is 0 Å². The monoisotopic (exact) mass is 449 g/mol. The summed E-state index contributed by atoms with van der Waals surface area (Å²) in [6.45, 7) is 13.0. The molecule has 0 saturated heterocycles. The van der Waals surface area contributed by atoms with Gasteiger partial charge in [-0.1, -0.05) is 52.2 Å². The third-order valence-corrected chi connectivity index (χ3v) is 5.42. The third-order valence-electron chi connectivity index (χ3n) is 5.42. The van der Waals surface area contributed by atoms with E-state index in [1.165, 1.54) is 28.7 Å². The summed E-state index contributed by atoms with van der Waals surface area (Å²) in [5, 5.41) is 0. The van der Waals surface area contributed by atoms with Crippen LogP contribution in [0.2, 0.25) is 0 Å². The third kappa shape index (κ3) is 15.7. The molecule has 0 unspecified atom stereocenters. The maximum atomic E-state index is 12.0. The van der Waals surface area contributed by atoms with E-state index in [2.05, 4.69) is 63.9 Å². The number of hydrogen-bond acceptors (Lipinski definition) is 3. The molecule has 0 aliphatic rings. The van der Waals surface area contributed by atoms with Crippen LogP contribution in [0.1, 0.15) is 92.9 Å². The molecule has 3 heteroatoms. The van der Waals surface area contributed by atoms with E-state index in [1.807, 2.05) is 6.92 Å². The van der Waals surface area contributed by atoms with E-state index in [4.69, 9.17) is 4.74 Å². The Morgan fingerprint density at radius 2 is 1.12 bits per heavy atom. The number of carbonyl (C=O) groups is 1. The van der Waals surface area contributed by atoms with Crippen LogP contribution >= 0.6 is 0 Å². The Kier molecular flexibility index (Phi) is 14.5. The van der Waals surface area contributed by atoms with Gasteiger partial charge in [-0.05, 0) is 105 Å². The van der Waals surface area contributed by atoms with Crippen molar-refractivity contribution < 1.29 is 9.53 Å². The average molecular weight is 450 g/mol.